The molecule has 0 aliphatic heterocycles. The number of rotatable bonds is 2. The first-order valence-corrected chi connectivity index (χ1v) is 4.53. The van der Waals surface area contributed by atoms with Crippen molar-refractivity contribution in [3.63, 3.8) is 0 Å². The highest BCUT2D eigenvalue weighted by Crippen LogP contribution is 2.22. The Labute approximate surface area is 92.2 Å². The van der Waals surface area contributed by atoms with Gasteiger partial charge in [0, 0.05) is 5.56 Å². The largest absolute Gasteiger partial charge is 0.508 e. The molecule has 0 fully saturated rings. The number of hydrogen-bond donors (Lipinski definition) is 4. The van der Waals surface area contributed by atoms with E-state index in [0.29, 0.717) is 11.3 Å². The lowest BCUT2D eigenvalue weighted by molar-refractivity contribution is 0.459. The Bertz CT molecular complexity index is 418. The van der Waals surface area contributed by atoms with Gasteiger partial charge in [-0.05, 0) is 37.3 Å². The van der Waals surface area contributed by atoms with Crippen LogP contribution in [-0.4, -0.2) is 21.0 Å². The predicted octanol–water partition coefficient (Wildman–Crippen LogP) is 0.655. The van der Waals surface area contributed by atoms with Gasteiger partial charge in [0.1, 0.15) is 11.5 Å². The third kappa shape index (κ3) is 3.10. The van der Waals surface area contributed by atoms with Crippen molar-refractivity contribution in [2.45, 2.75) is 6.92 Å². The van der Waals surface area contributed by atoms with Gasteiger partial charge in [-0.25, -0.2) is 0 Å². The lowest BCUT2D eigenvalue weighted by atomic mass is 10.1. The monoisotopic (exact) mass is 225 g/mol. The average Bonchev–Trinajstić information content (AvgIpc) is 2.18. The van der Waals surface area contributed by atoms with Crippen molar-refractivity contribution >= 4 is 23.0 Å². The zero-order valence-corrected chi connectivity index (χ0v) is 8.88. The van der Waals surface area contributed by atoms with Crippen molar-refractivity contribution < 1.29 is 10.2 Å². The van der Waals surface area contributed by atoms with E-state index in [0.717, 1.165) is 0 Å². The van der Waals surface area contributed by atoms with E-state index in [1.807, 2.05) is 0 Å². The summed E-state index contributed by atoms with van der Waals surface area (Å²) in [4.78, 5) is 0. The number of aromatic hydroxyl groups is 2. The molecule has 0 aliphatic rings. The zero-order valence-electron chi connectivity index (χ0n) is 8.06. The Morgan fingerprint density at radius 2 is 2.13 bits per heavy atom. The maximum Gasteiger partial charge on any atom is 0.184 e. The molecule has 1 aromatic rings. The van der Waals surface area contributed by atoms with E-state index in [9.17, 15) is 10.2 Å². The molecule has 0 unspecified atom stereocenters. The first-order valence-electron chi connectivity index (χ1n) is 4.13. The Hall–Kier alpha value is -1.82. The molecule has 1 rings (SSSR count). The van der Waals surface area contributed by atoms with Crippen LogP contribution in [0.1, 0.15) is 12.5 Å². The Balaban J connectivity index is 2.99. The van der Waals surface area contributed by atoms with Gasteiger partial charge in [-0.2, -0.15) is 5.10 Å². The molecule has 0 atom stereocenters. The fourth-order valence-corrected chi connectivity index (χ4v) is 1.06. The fraction of sp³-hybridized carbons (Fsp3) is 0.111. The molecular weight excluding hydrogens is 214 g/mol. The van der Waals surface area contributed by atoms with Gasteiger partial charge in [0.25, 0.3) is 0 Å². The van der Waals surface area contributed by atoms with Crippen LogP contribution in [0.15, 0.2) is 23.3 Å². The molecule has 0 radical (unpaired) electrons. The predicted molar refractivity (Wildman–Crippen MR) is 61.9 cm³/mol. The number of phenols is 2. The summed E-state index contributed by atoms with van der Waals surface area (Å²) in [5.41, 5.74) is 8.47. The van der Waals surface area contributed by atoms with Gasteiger partial charge in [-0.15, -0.1) is 0 Å². The van der Waals surface area contributed by atoms with Crippen LogP contribution in [0.25, 0.3) is 0 Å². The van der Waals surface area contributed by atoms with Gasteiger partial charge >= 0.3 is 0 Å². The summed E-state index contributed by atoms with van der Waals surface area (Å²) in [6.07, 6.45) is 0. The lowest BCUT2D eigenvalue weighted by Gasteiger charge is -2.05. The number of hydrazone groups is 1. The van der Waals surface area contributed by atoms with Gasteiger partial charge in [-0.3, -0.25) is 5.43 Å². The molecule has 0 amide bonds. The molecule has 1 aromatic carbocycles. The Kier molecular flexibility index (Phi) is 3.46. The average molecular weight is 225 g/mol. The SMILES string of the molecule is CC(=NNC(N)=S)c1cc(O)ccc1O. The van der Waals surface area contributed by atoms with E-state index in [-0.39, 0.29) is 16.6 Å². The molecule has 0 aromatic heterocycles. The minimum atomic E-state index is 0.0267. The lowest BCUT2D eigenvalue weighted by Crippen LogP contribution is -2.25. The highest BCUT2D eigenvalue weighted by molar-refractivity contribution is 7.80. The molecule has 0 saturated heterocycles. The van der Waals surface area contributed by atoms with Crippen molar-refractivity contribution in [2.75, 3.05) is 0 Å². The smallest absolute Gasteiger partial charge is 0.184 e. The Morgan fingerprint density at radius 3 is 2.73 bits per heavy atom. The van der Waals surface area contributed by atoms with E-state index in [1.54, 1.807) is 6.92 Å². The highest BCUT2D eigenvalue weighted by Gasteiger charge is 2.05. The molecule has 15 heavy (non-hydrogen) atoms. The first-order chi connectivity index (χ1) is 7.00. The molecule has 80 valence electrons. The maximum absolute atomic E-state index is 9.49. The molecule has 0 saturated carbocycles. The number of thiocarbonyl (C=S) groups is 1. The standard InChI is InChI=1S/C9H11N3O2S/c1-5(11-12-9(10)15)7-4-6(13)2-3-8(7)14/h2-4,13-14H,1H3,(H3,10,12,15). The number of nitrogens with one attached hydrogen (secondary N) is 1. The zero-order chi connectivity index (χ0) is 11.4. The number of nitrogens with zero attached hydrogens (tertiary/aromatic N) is 1. The molecule has 0 bridgehead atoms. The van der Waals surface area contributed by atoms with Gasteiger partial charge in [0.15, 0.2) is 5.11 Å². The van der Waals surface area contributed by atoms with Gasteiger partial charge < -0.3 is 15.9 Å². The van der Waals surface area contributed by atoms with Crippen LogP contribution in [0.3, 0.4) is 0 Å². The molecular formula is C9H11N3O2S. The highest BCUT2D eigenvalue weighted by atomic mass is 32.1. The summed E-state index contributed by atoms with van der Waals surface area (Å²) >= 11 is 4.57. The van der Waals surface area contributed by atoms with Gasteiger partial charge in [0.05, 0.1) is 5.71 Å². The third-order valence-corrected chi connectivity index (χ3v) is 1.80. The minimum absolute atomic E-state index is 0.0267. The quantitative estimate of drug-likeness (QED) is 0.257. The molecule has 6 heteroatoms. The van der Waals surface area contributed by atoms with Crippen LogP contribution in [0.5, 0.6) is 11.5 Å². The first kappa shape index (κ1) is 11.3. The Morgan fingerprint density at radius 1 is 1.47 bits per heavy atom. The number of phenolic OH excluding ortho intramolecular Hbond substituents is 2. The second-order valence-corrected chi connectivity index (χ2v) is 3.31. The summed E-state index contributed by atoms with van der Waals surface area (Å²) in [5, 5.41) is 22.6. The van der Waals surface area contributed by atoms with Crippen molar-refractivity contribution in [1.82, 2.24) is 5.43 Å². The second-order valence-electron chi connectivity index (χ2n) is 2.87. The van der Waals surface area contributed by atoms with Crippen molar-refractivity contribution in [1.29, 1.82) is 0 Å². The van der Waals surface area contributed by atoms with Crippen LogP contribution in [0.4, 0.5) is 0 Å². The molecule has 0 aliphatic carbocycles. The van der Waals surface area contributed by atoms with Gasteiger partial charge in [-0.1, -0.05) is 0 Å². The number of nitrogens with two attached hydrogens (primary N) is 1. The minimum Gasteiger partial charge on any atom is -0.508 e. The van der Waals surface area contributed by atoms with Gasteiger partial charge in [0.2, 0.25) is 0 Å². The molecule has 0 heterocycles. The summed E-state index contributed by atoms with van der Waals surface area (Å²) in [6.45, 7) is 1.65. The summed E-state index contributed by atoms with van der Waals surface area (Å²) in [6, 6.07) is 4.16. The number of benzene rings is 1. The van der Waals surface area contributed by atoms with E-state index in [2.05, 4.69) is 22.7 Å². The molecule has 5 nitrogen and oxygen atoms in total. The molecule has 5 N–H and O–H groups in total. The fourth-order valence-electron chi connectivity index (χ4n) is 1.01. The van der Waals surface area contributed by atoms with Crippen LogP contribution in [0.2, 0.25) is 0 Å². The third-order valence-electron chi connectivity index (χ3n) is 1.70. The van der Waals surface area contributed by atoms with Crippen molar-refractivity contribution in [2.24, 2.45) is 10.8 Å². The van der Waals surface area contributed by atoms with E-state index in [4.69, 9.17) is 5.73 Å². The van der Waals surface area contributed by atoms with E-state index >= 15 is 0 Å². The number of hydrogen-bond acceptors (Lipinski definition) is 4. The van der Waals surface area contributed by atoms with Crippen LogP contribution in [-0.2, 0) is 0 Å². The van der Waals surface area contributed by atoms with Crippen LogP contribution in [0, 0.1) is 0 Å². The maximum atomic E-state index is 9.49. The van der Waals surface area contributed by atoms with E-state index < -0.39 is 0 Å². The molecule has 0 spiro atoms. The van der Waals surface area contributed by atoms with Crippen molar-refractivity contribution in [3.05, 3.63) is 23.8 Å². The van der Waals surface area contributed by atoms with Crippen LogP contribution < -0.4 is 11.2 Å². The van der Waals surface area contributed by atoms with Crippen LogP contribution >= 0.6 is 12.2 Å². The van der Waals surface area contributed by atoms with Crippen molar-refractivity contribution in [3.8, 4) is 11.5 Å². The topological polar surface area (TPSA) is 90.9 Å². The summed E-state index contributed by atoms with van der Waals surface area (Å²) < 4.78 is 0. The normalized spacial score (nSPS) is 11.1. The summed E-state index contributed by atoms with van der Waals surface area (Å²) in [5.74, 6) is 0.0754. The van der Waals surface area contributed by atoms with E-state index in [1.165, 1.54) is 18.2 Å². The summed E-state index contributed by atoms with van der Waals surface area (Å²) in [7, 11) is 0. The second kappa shape index (κ2) is 4.61.